The molecule has 0 radical (unpaired) electrons. The van der Waals surface area contributed by atoms with Crippen LogP contribution in [0.3, 0.4) is 0 Å². The number of nitrogens with one attached hydrogen (secondary N) is 1. The first-order valence-corrected chi connectivity index (χ1v) is 9.12. The summed E-state index contributed by atoms with van der Waals surface area (Å²) >= 11 is 1.85. The van der Waals surface area contributed by atoms with Crippen LogP contribution in [0, 0.1) is 13.8 Å². The van der Waals surface area contributed by atoms with Gasteiger partial charge in [-0.2, -0.15) is 0 Å². The Bertz CT molecular complexity index is 658. The van der Waals surface area contributed by atoms with Crippen molar-refractivity contribution in [2.24, 2.45) is 0 Å². The maximum atomic E-state index is 12.3. The van der Waals surface area contributed by atoms with Crippen molar-refractivity contribution in [3.05, 3.63) is 51.7 Å². The van der Waals surface area contributed by atoms with Gasteiger partial charge >= 0.3 is 0 Å². The van der Waals surface area contributed by atoms with E-state index in [9.17, 15) is 4.79 Å². The molecule has 1 aliphatic heterocycles. The number of carbonyl (C=O) groups excluding carboxylic acids is 1. The van der Waals surface area contributed by atoms with Gasteiger partial charge in [0.15, 0.2) is 0 Å². The van der Waals surface area contributed by atoms with Gasteiger partial charge in [-0.15, -0.1) is 11.3 Å². The third-order valence-electron chi connectivity index (χ3n) is 4.57. The highest BCUT2D eigenvalue weighted by Crippen LogP contribution is 2.30. The summed E-state index contributed by atoms with van der Waals surface area (Å²) in [5.41, 5.74) is 3.21. The quantitative estimate of drug-likeness (QED) is 0.913. The first-order chi connectivity index (χ1) is 11.1. The highest BCUT2D eigenvalue weighted by Gasteiger charge is 2.22. The first kappa shape index (κ1) is 16.2. The Labute approximate surface area is 142 Å². The van der Waals surface area contributed by atoms with Gasteiger partial charge in [-0.05, 0) is 74.3 Å². The molecule has 0 saturated carbocycles. The van der Waals surface area contributed by atoms with E-state index in [2.05, 4.69) is 39.9 Å². The summed E-state index contributed by atoms with van der Waals surface area (Å²) in [5, 5.41) is 5.21. The van der Waals surface area contributed by atoms with E-state index in [0.29, 0.717) is 12.5 Å². The minimum atomic E-state index is 0.0910. The average Bonchev–Trinajstić information content (AvgIpc) is 3.06. The molecule has 1 aliphatic rings. The molecule has 1 N–H and O–H groups in total. The zero-order valence-electron chi connectivity index (χ0n) is 13.8. The lowest BCUT2D eigenvalue weighted by molar-refractivity contribution is -0.117. The van der Waals surface area contributed by atoms with Crippen LogP contribution < -0.4 is 5.32 Å². The molecule has 122 valence electrons. The number of anilines is 1. The fourth-order valence-electron chi connectivity index (χ4n) is 3.16. The molecule has 2 aromatic rings. The number of benzene rings is 1. The molecule has 1 amide bonds. The van der Waals surface area contributed by atoms with Gasteiger partial charge in [0.2, 0.25) is 5.91 Å². The molecule has 0 spiro atoms. The van der Waals surface area contributed by atoms with Crippen LogP contribution >= 0.6 is 11.3 Å². The number of likely N-dealkylation sites (tertiary alicyclic amines) is 1. The molecule has 23 heavy (non-hydrogen) atoms. The minimum Gasteiger partial charge on any atom is -0.325 e. The van der Waals surface area contributed by atoms with E-state index >= 15 is 0 Å². The predicted octanol–water partition coefficient (Wildman–Crippen LogP) is 4.18. The van der Waals surface area contributed by atoms with Crippen LogP contribution in [0.5, 0.6) is 0 Å². The Kier molecular flexibility index (Phi) is 5.13. The summed E-state index contributed by atoms with van der Waals surface area (Å²) in [6.45, 7) is 6.57. The van der Waals surface area contributed by atoms with Gasteiger partial charge in [-0.3, -0.25) is 9.69 Å². The summed E-state index contributed by atoms with van der Waals surface area (Å²) in [4.78, 5) is 16.1. The largest absolute Gasteiger partial charge is 0.325 e. The third-order valence-corrected chi connectivity index (χ3v) is 5.60. The molecule has 4 heteroatoms. The predicted molar refractivity (Wildman–Crippen MR) is 97.3 cm³/mol. The van der Waals surface area contributed by atoms with Gasteiger partial charge in [0, 0.05) is 10.6 Å². The van der Waals surface area contributed by atoms with E-state index in [0.717, 1.165) is 37.2 Å². The number of hydrogen-bond donors (Lipinski definition) is 1. The number of nitrogens with zero attached hydrogens (tertiary/aromatic N) is 1. The summed E-state index contributed by atoms with van der Waals surface area (Å²) < 4.78 is 0. The van der Waals surface area contributed by atoms with Crippen LogP contribution in [-0.2, 0) is 4.79 Å². The second-order valence-electron chi connectivity index (χ2n) is 6.43. The van der Waals surface area contributed by atoms with Gasteiger partial charge in [-0.1, -0.05) is 18.2 Å². The zero-order valence-corrected chi connectivity index (χ0v) is 14.7. The Morgan fingerprint density at radius 2 is 2.04 bits per heavy atom. The van der Waals surface area contributed by atoms with Gasteiger partial charge in [0.25, 0.3) is 0 Å². The summed E-state index contributed by atoms with van der Waals surface area (Å²) in [7, 11) is 0. The van der Waals surface area contributed by atoms with Gasteiger partial charge in [0.05, 0.1) is 6.54 Å². The molecule has 1 aromatic heterocycles. The monoisotopic (exact) mass is 328 g/mol. The van der Waals surface area contributed by atoms with Crippen molar-refractivity contribution in [3.8, 4) is 0 Å². The standard InChI is InChI=1S/C19H24N2OS/c1-14-5-6-15(2)17(12-14)20-19(22)13-21-9-7-16(8-10-21)18-4-3-11-23-18/h3-6,11-12,16H,7-10,13H2,1-2H3,(H,20,22). The molecule has 3 rings (SSSR count). The van der Waals surface area contributed by atoms with Crippen molar-refractivity contribution in [2.75, 3.05) is 25.0 Å². The van der Waals surface area contributed by atoms with Gasteiger partial charge in [0.1, 0.15) is 0 Å². The second kappa shape index (κ2) is 7.28. The Morgan fingerprint density at radius 1 is 1.26 bits per heavy atom. The SMILES string of the molecule is Cc1ccc(C)c(NC(=O)CN2CCC(c3cccs3)CC2)c1. The molecular formula is C19H24N2OS. The number of thiophene rings is 1. The fourth-order valence-corrected chi connectivity index (χ4v) is 4.06. The number of aryl methyl sites for hydroxylation is 2. The lowest BCUT2D eigenvalue weighted by Gasteiger charge is -2.31. The highest BCUT2D eigenvalue weighted by molar-refractivity contribution is 7.10. The minimum absolute atomic E-state index is 0.0910. The summed E-state index contributed by atoms with van der Waals surface area (Å²) in [6, 6.07) is 10.5. The van der Waals surface area contributed by atoms with Crippen LogP contribution in [0.1, 0.15) is 34.8 Å². The summed E-state index contributed by atoms with van der Waals surface area (Å²) in [6.07, 6.45) is 2.30. The Balaban J connectivity index is 1.50. The highest BCUT2D eigenvalue weighted by atomic mass is 32.1. The lowest BCUT2D eigenvalue weighted by atomic mass is 9.95. The van der Waals surface area contributed by atoms with Crippen LogP contribution in [0.2, 0.25) is 0 Å². The molecule has 0 unspecified atom stereocenters. The van der Waals surface area contributed by atoms with E-state index in [1.54, 1.807) is 0 Å². The Hall–Kier alpha value is -1.65. The molecule has 0 atom stereocenters. The topological polar surface area (TPSA) is 32.3 Å². The number of piperidine rings is 1. The van der Waals surface area contributed by atoms with Crippen LogP contribution in [-0.4, -0.2) is 30.4 Å². The van der Waals surface area contributed by atoms with Crippen LogP contribution in [0.4, 0.5) is 5.69 Å². The fraction of sp³-hybridized carbons (Fsp3) is 0.421. The van der Waals surface area contributed by atoms with Gasteiger partial charge < -0.3 is 5.32 Å². The molecule has 1 fully saturated rings. The molecule has 3 nitrogen and oxygen atoms in total. The van der Waals surface area contributed by atoms with E-state index in [1.807, 2.05) is 31.3 Å². The van der Waals surface area contributed by atoms with Gasteiger partial charge in [-0.25, -0.2) is 0 Å². The lowest BCUT2D eigenvalue weighted by Crippen LogP contribution is -2.38. The molecule has 0 bridgehead atoms. The average molecular weight is 328 g/mol. The van der Waals surface area contributed by atoms with Crippen LogP contribution in [0.15, 0.2) is 35.7 Å². The van der Waals surface area contributed by atoms with E-state index < -0.39 is 0 Å². The Morgan fingerprint density at radius 3 is 2.74 bits per heavy atom. The van der Waals surface area contributed by atoms with E-state index in [-0.39, 0.29) is 5.91 Å². The van der Waals surface area contributed by atoms with Crippen molar-refractivity contribution in [1.29, 1.82) is 0 Å². The maximum Gasteiger partial charge on any atom is 0.238 e. The van der Waals surface area contributed by atoms with Crippen molar-refractivity contribution < 1.29 is 4.79 Å². The number of rotatable bonds is 4. The van der Waals surface area contributed by atoms with E-state index in [1.165, 1.54) is 10.4 Å². The smallest absolute Gasteiger partial charge is 0.238 e. The van der Waals surface area contributed by atoms with Crippen LogP contribution in [0.25, 0.3) is 0 Å². The third kappa shape index (κ3) is 4.21. The van der Waals surface area contributed by atoms with E-state index in [4.69, 9.17) is 0 Å². The normalized spacial score (nSPS) is 16.4. The first-order valence-electron chi connectivity index (χ1n) is 8.24. The zero-order chi connectivity index (χ0) is 16.2. The number of carbonyl (C=O) groups is 1. The maximum absolute atomic E-state index is 12.3. The molecule has 1 aromatic carbocycles. The second-order valence-corrected chi connectivity index (χ2v) is 7.41. The molecular weight excluding hydrogens is 304 g/mol. The molecule has 0 aliphatic carbocycles. The number of hydrogen-bond acceptors (Lipinski definition) is 3. The van der Waals surface area contributed by atoms with Crippen molar-refractivity contribution in [1.82, 2.24) is 4.90 Å². The number of amides is 1. The summed E-state index contributed by atoms with van der Waals surface area (Å²) in [5.74, 6) is 0.765. The molecule has 2 heterocycles. The van der Waals surface area contributed by atoms with Crippen molar-refractivity contribution in [2.45, 2.75) is 32.6 Å². The van der Waals surface area contributed by atoms with Crippen molar-refractivity contribution >= 4 is 22.9 Å². The molecule has 1 saturated heterocycles. The van der Waals surface area contributed by atoms with Crippen molar-refractivity contribution in [3.63, 3.8) is 0 Å².